The highest BCUT2D eigenvalue weighted by Gasteiger charge is 2.67. The van der Waals surface area contributed by atoms with Gasteiger partial charge in [-0.15, -0.1) is 6.58 Å². The maximum Gasteiger partial charge on any atom is 0.319 e. The number of rotatable bonds is 9. The number of unbranched alkanes of at least 4 members (excludes halogenated alkanes) is 3. The number of carbonyl (C=O) groups excluding carboxylic acids is 1. The summed E-state index contributed by atoms with van der Waals surface area (Å²) in [6.45, 7) is 7.85. The fourth-order valence-corrected chi connectivity index (χ4v) is 4.37. The van der Waals surface area contributed by atoms with E-state index in [9.17, 15) is 4.79 Å². The Morgan fingerprint density at radius 2 is 2.04 bits per heavy atom. The first kappa shape index (κ1) is 19.5. The molecule has 3 atom stereocenters. The summed E-state index contributed by atoms with van der Waals surface area (Å²) in [4.78, 5) is 13.0. The molecule has 0 amide bonds. The van der Waals surface area contributed by atoms with Gasteiger partial charge in [-0.1, -0.05) is 63.1 Å². The Morgan fingerprint density at radius 1 is 1.30 bits per heavy atom. The lowest BCUT2D eigenvalue weighted by atomic mass is 9.82. The van der Waals surface area contributed by atoms with Crippen molar-refractivity contribution in [3.05, 3.63) is 54.2 Å². The van der Waals surface area contributed by atoms with Gasteiger partial charge in [0.25, 0.3) is 0 Å². The summed E-state index contributed by atoms with van der Waals surface area (Å²) >= 11 is 0. The van der Waals surface area contributed by atoms with E-state index < -0.39 is 5.41 Å². The van der Waals surface area contributed by atoms with E-state index >= 15 is 0 Å². The van der Waals surface area contributed by atoms with Crippen LogP contribution in [-0.4, -0.2) is 12.1 Å². The topological polar surface area (TPSA) is 62.5 Å². The Balaban J connectivity index is 1.90. The van der Waals surface area contributed by atoms with Gasteiger partial charge in [-0.3, -0.25) is 4.79 Å². The van der Waals surface area contributed by atoms with Gasteiger partial charge in [0.15, 0.2) is 0 Å². The molecule has 1 aliphatic carbocycles. The summed E-state index contributed by atoms with van der Waals surface area (Å²) in [6.07, 6.45) is 7.77. The smallest absolute Gasteiger partial charge is 0.319 e. The van der Waals surface area contributed by atoms with Gasteiger partial charge in [-0.2, -0.15) is 5.11 Å². The van der Waals surface area contributed by atoms with E-state index in [0.29, 0.717) is 5.70 Å². The molecular weight excluding hydrogens is 336 g/mol. The number of benzene rings is 1. The van der Waals surface area contributed by atoms with Crippen LogP contribution in [0.2, 0.25) is 0 Å². The van der Waals surface area contributed by atoms with Gasteiger partial charge in [0.05, 0.1) is 5.70 Å². The Hall–Kier alpha value is -2.23. The van der Waals surface area contributed by atoms with Crippen LogP contribution >= 0.6 is 0 Å². The first-order valence-corrected chi connectivity index (χ1v) is 10.1. The van der Waals surface area contributed by atoms with Crippen molar-refractivity contribution in [2.45, 2.75) is 58.5 Å². The summed E-state index contributed by atoms with van der Waals surface area (Å²) in [5.41, 5.74) is 9.77. The van der Waals surface area contributed by atoms with Crippen molar-refractivity contribution in [1.82, 2.24) is 0 Å². The summed E-state index contributed by atoms with van der Waals surface area (Å²) in [7, 11) is 0. The number of esters is 1. The predicted molar refractivity (Wildman–Crippen MR) is 107 cm³/mol. The van der Waals surface area contributed by atoms with E-state index in [4.69, 9.17) is 10.3 Å². The molecule has 27 heavy (non-hydrogen) atoms. The van der Waals surface area contributed by atoms with Crippen LogP contribution in [0, 0.1) is 22.8 Å². The second-order valence-electron chi connectivity index (χ2n) is 8.11. The highest BCUT2D eigenvalue weighted by atomic mass is 16.5. The zero-order valence-corrected chi connectivity index (χ0v) is 16.4. The van der Waals surface area contributed by atoms with Crippen molar-refractivity contribution in [1.29, 1.82) is 5.53 Å². The fourth-order valence-electron chi connectivity index (χ4n) is 4.37. The van der Waals surface area contributed by atoms with Crippen molar-refractivity contribution in [2.24, 2.45) is 22.4 Å². The molecule has 0 radical (unpaired) electrons. The average Bonchev–Trinajstić information content (AvgIpc) is 3.38. The number of cyclic esters (lactones) is 1. The standard InChI is InChI=1S/C23H30N2O2/c1-4-5-6-7-11-14-18-15-23(18)21(25-24)19(17-12-9-8-10-13-17)20(16(2)3)27-22(23)26/h4,8-10,12-13,16,18,20,24H,1,5-7,11,14-15H2,2-3H3. The average molecular weight is 367 g/mol. The highest BCUT2D eigenvalue weighted by Crippen LogP contribution is 2.65. The molecule has 1 heterocycles. The molecule has 1 aromatic carbocycles. The van der Waals surface area contributed by atoms with Crippen LogP contribution in [-0.2, 0) is 9.53 Å². The molecule has 1 saturated carbocycles. The number of nitrogens with one attached hydrogen (secondary N) is 1. The minimum Gasteiger partial charge on any atom is -0.456 e. The lowest BCUT2D eigenvalue weighted by Gasteiger charge is -2.34. The molecule has 4 heteroatoms. The van der Waals surface area contributed by atoms with E-state index in [2.05, 4.69) is 11.7 Å². The van der Waals surface area contributed by atoms with Crippen LogP contribution in [0.25, 0.3) is 5.57 Å². The summed E-state index contributed by atoms with van der Waals surface area (Å²) < 4.78 is 5.95. The van der Waals surface area contributed by atoms with E-state index in [-0.39, 0.29) is 23.9 Å². The van der Waals surface area contributed by atoms with Gasteiger partial charge < -0.3 is 4.74 Å². The van der Waals surface area contributed by atoms with Crippen LogP contribution < -0.4 is 0 Å². The molecule has 0 saturated heterocycles. The van der Waals surface area contributed by atoms with Crippen molar-refractivity contribution >= 4 is 11.5 Å². The van der Waals surface area contributed by atoms with Crippen molar-refractivity contribution in [3.8, 4) is 0 Å². The predicted octanol–water partition coefficient (Wildman–Crippen LogP) is 6.15. The van der Waals surface area contributed by atoms with E-state index in [1.54, 1.807) is 0 Å². The van der Waals surface area contributed by atoms with Crippen molar-refractivity contribution in [3.63, 3.8) is 0 Å². The SMILES string of the molecule is C=CCCCCCC1CC12C(=O)OC(C(C)C)C(c1ccccc1)=C2N=N. The molecule has 1 aliphatic heterocycles. The molecule has 144 valence electrons. The van der Waals surface area contributed by atoms with Crippen LogP contribution in [0.5, 0.6) is 0 Å². The van der Waals surface area contributed by atoms with Crippen LogP contribution in [0.15, 0.2) is 53.8 Å². The Kier molecular flexibility index (Phi) is 5.93. The normalized spacial score (nSPS) is 27.0. The third kappa shape index (κ3) is 3.62. The van der Waals surface area contributed by atoms with Gasteiger partial charge >= 0.3 is 5.97 Å². The fraction of sp³-hybridized carbons (Fsp3) is 0.522. The minimum atomic E-state index is -0.698. The Labute approximate surface area is 162 Å². The molecule has 4 nitrogen and oxygen atoms in total. The van der Waals surface area contributed by atoms with Gasteiger partial charge in [-0.05, 0) is 43.1 Å². The second-order valence-corrected chi connectivity index (χ2v) is 8.11. The Morgan fingerprint density at radius 3 is 2.67 bits per heavy atom. The second kappa shape index (κ2) is 8.20. The number of carbonyl (C=O) groups is 1. The number of hydrogen-bond acceptors (Lipinski definition) is 4. The zero-order valence-electron chi connectivity index (χ0n) is 16.4. The highest BCUT2D eigenvalue weighted by molar-refractivity contribution is 5.93. The zero-order chi connectivity index (χ0) is 19.4. The van der Waals surface area contributed by atoms with E-state index in [1.807, 2.05) is 50.3 Å². The largest absolute Gasteiger partial charge is 0.456 e. The van der Waals surface area contributed by atoms with Crippen LogP contribution in [0.1, 0.15) is 57.9 Å². The molecule has 1 spiro atoms. The summed E-state index contributed by atoms with van der Waals surface area (Å²) in [6, 6.07) is 9.98. The van der Waals surface area contributed by atoms with E-state index in [0.717, 1.165) is 49.7 Å². The third-order valence-electron chi connectivity index (χ3n) is 5.93. The quantitative estimate of drug-likeness (QED) is 0.246. The molecule has 3 rings (SSSR count). The maximum absolute atomic E-state index is 13.0. The number of nitrogens with zero attached hydrogens (tertiary/aromatic N) is 1. The minimum absolute atomic E-state index is 0.134. The number of allylic oxidation sites excluding steroid dienone is 1. The molecule has 0 bridgehead atoms. The van der Waals surface area contributed by atoms with Gasteiger partial charge in [0.2, 0.25) is 0 Å². The molecule has 3 unspecified atom stereocenters. The molecule has 0 aromatic heterocycles. The first-order valence-electron chi connectivity index (χ1n) is 10.1. The Bertz CT molecular complexity index is 738. The molecule has 2 aliphatic rings. The molecule has 1 aromatic rings. The van der Waals surface area contributed by atoms with Gasteiger partial charge in [0.1, 0.15) is 11.5 Å². The lowest BCUT2D eigenvalue weighted by molar-refractivity contribution is -0.155. The lowest BCUT2D eigenvalue weighted by Crippen LogP contribution is -2.38. The summed E-state index contributed by atoms with van der Waals surface area (Å²) in [5, 5.41) is 3.93. The summed E-state index contributed by atoms with van der Waals surface area (Å²) in [5.74, 6) is 0.196. The number of hydrogen-bond donors (Lipinski definition) is 1. The van der Waals surface area contributed by atoms with Crippen LogP contribution in [0.4, 0.5) is 0 Å². The third-order valence-corrected chi connectivity index (χ3v) is 5.93. The monoisotopic (exact) mass is 366 g/mol. The van der Waals surface area contributed by atoms with Gasteiger partial charge in [0, 0.05) is 5.57 Å². The van der Waals surface area contributed by atoms with Crippen molar-refractivity contribution < 1.29 is 9.53 Å². The molecule has 1 N–H and O–H groups in total. The van der Waals surface area contributed by atoms with Gasteiger partial charge in [-0.25, -0.2) is 5.53 Å². The van der Waals surface area contributed by atoms with Crippen molar-refractivity contribution in [2.75, 3.05) is 0 Å². The molecule has 1 fully saturated rings. The maximum atomic E-state index is 13.0. The molecular formula is C23H30N2O2. The first-order chi connectivity index (χ1) is 13.1. The van der Waals surface area contributed by atoms with Crippen LogP contribution in [0.3, 0.4) is 0 Å². The van der Waals surface area contributed by atoms with E-state index in [1.165, 1.54) is 0 Å². The number of ether oxygens (including phenoxy) is 1.